The second kappa shape index (κ2) is 9.08. The van der Waals surface area contributed by atoms with Gasteiger partial charge in [0, 0.05) is 12.5 Å². The van der Waals surface area contributed by atoms with Gasteiger partial charge in [-0.3, -0.25) is 0 Å². The standard InChI is InChI=1S/C15H24O3S/c1-2-3-5-8-12-11-14(16)13(15(17)18-12)9-6-4-7-10-19/h11,16,19H,2-10H2,1H3. The zero-order valence-electron chi connectivity index (χ0n) is 11.7. The van der Waals surface area contributed by atoms with Crippen LogP contribution in [0.3, 0.4) is 0 Å². The Bertz CT molecular complexity index is 426. The first-order chi connectivity index (χ1) is 9.19. The molecule has 0 amide bonds. The van der Waals surface area contributed by atoms with E-state index in [0.29, 0.717) is 17.7 Å². The van der Waals surface area contributed by atoms with Gasteiger partial charge in [-0.25, -0.2) is 4.79 Å². The molecule has 1 aromatic rings. The summed E-state index contributed by atoms with van der Waals surface area (Å²) in [7, 11) is 0. The van der Waals surface area contributed by atoms with Crippen molar-refractivity contribution >= 4 is 12.6 Å². The largest absolute Gasteiger partial charge is 0.507 e. The van der Waals surface area contributed by atoms with Crippen molar-refractivity contribution in [2.24, 2.45) is 0 Å². The smallest absolute Gasteiger partial charge is 0.342 e. The van der Waals surface area contributed by atoms with Crippen molar-refractivity contribution < 1.29 is 9.52 Å². The van der Waals surface area contributed by atoms with Crippen molar-refractivity contribution in [1.82, 2.24) is 0 Å². The molecule has 0 aliphatic rings. The molecule has 0 radical (unpaired) electrons. The third-order valence-electron chi connectivity index (χ3n) is 3.19. The first-order valence-electron chi connectivity index (χ1n) is 7.14. The van der Waals surface area contributed by atoms with Crippen LogP contribution in [-0.2, 0) is 12.8 Å². The highest BCUT2D eigenvalue weighted by Crippen LogP contribution is 2.19. The van der Waals surface area contributed by atoms with Crippen LogP contribution in [0.4, 0.5) is 0 Å². The lowest BCUT2D eigenvalue weighted by molar-refractivity contribution is 0.406. The Hall–Kier alpha value is -0.900. The van der Waals surface area contributed by atoms with Crippen LogP contribution in [-0.4, -0.2) is 10.9 Å². The molecule has 1 heterocycles. The van der Waals surface area contributed by atoms with Gasteiger partial charge in [0.15, 0.2) is 0 Å². The van der Waals surface area contributed by atoms with Gasteiger partial charge in [0.1, 0.15) is 11.5 Å². The second-order valence-corrected chi connectivity index (χ2v) is 5.30. The predicted octanol–water partition coefficient (Wildman–Crippen LogP) is 3.72. The fourth-order valence-corrected chi connectivity index (χ4v) is 2.27. The molecule has 0 bridgehead atoms. The first kappa shape index (κ1) is 16.2. The minimum Gasteiger partial charge on any atom is -0.507 e. The Morgan fingerprint density at radius 1 is 1.16 bits per heavy atom. The predicted molar refractivity (Wildman–Crippen MR) is 81.3 cm³/mol. The summed E-state index contributed by atoms with van der Waals surface area (Å²) in [6, 6.07) is 1.60. The zero-order chi connectivity index (χ0) is 14.1. The molecular weight excluding hydrogens is 260 g/mol. The van der Waals surface area contributed by atoms with Crippen molar-refractivity contribution in [1.29, 1.82) is 0 Å². The van der Waals surface area contributed by atoms with E-state index in [4.69, 9.17) is 4.42 Å². The maximum absolute atomic E-state index is 11.8. The molecule has 0 spiro atoms. The van der Waals surface area contributed by atoms with E-state index in [9.17, 15) is 9.90 Å². The molecule has 0 aliphatic heterocycles. The molecule has 4 heteroatoms. The Kier molecular flexibility index (Phi) is 7.72. The molecule has 1 rings (SSSR count). The minimum atomic E-state index is -0.377. The van der Waals surface area contributed by atoms with Gasteiger partial charge in [0.2, 0.25) is 0 Å². The van der Waals surface area contributed by atoms with Crippen LogP contribution in [0.5, 0.6) is 5.75 Å². The number of rotatable bonds is 9. The number of thiol groups is 1. The average molecular weight is 284 g/mol. The van der Waals surface area contributed by atoms with E-state index < -0.39 is 0 Å². The van der Waals surface area contributed by atoms with Crippen molar-refractivity contribution in [3.05, 3.63) is 27.8 Å². The molecule has 108 valence electrons. The maximum atomic E-state index is 11.8. The van der Waals surface area contributed by atoms with E-state index in [1.54, 1.807) is 6.07 Å². The van der Waals surface area contributed by atoms with Crippen LogP contribution in [0.15, 0.2) is 15.3 Å². The monoisotopic (exact) mass is 284 g/mol. The molecule has 1 aromatic heterocycles. The highest BCUT2D eigenvalue weighted by Gasteiger charge is 2.10. The van der Waals surface area contributed by atoms with E-state index in [1.165, 1.54) is 0 Å². The van der Waals surface area contributed by atoms with Crippen LogP contribution in [0, 0.1) is 0 Å². The van der Waals surface area contributed by atoms with Crippen LogP contribution in [0.25, 0.3) is 0 Å². The van der Waals surface area contributed by atoms with Gasteiger partial charge in [-0.05, 0) is 31.4 Å². The summed E-state index contributed by atoms with van der Waals surface area (Å²) in [5.74, 6) is 1.54. The van der Waals surface area contributed by atoms with Gasteiger partial charge in [-0.15, -0.1) is 0 Å². The molecule has 0 aromatic carbocycles. The molecule has 0 atom stereocenters. The molecule has 3 nitrogen and oxygen atoms in total. The van der Waals surface area contributed by atoms with Crippen molar-refractivity contribution in [2.75, 3.05) is 5.75 Å². The molecule has 0 saturated heterocycles. The van der Waals surface area contributed by atoms with E-state index in [0.717, 1.165) is 50.7 Å². The van der Waals surface area contributed by atoms with Gasteiger partial charge < -0.3 is 9.52 Å². The normalized spacial score (nSPS) is 10.8. The van der Waals surface area contributed by atoms with Crippen LogP contribution in [0.1, 0.15) is 56.8 Å². The van der Waals surface area contributed by atoms with Gasteiger partial charge in [-0.1, -0.05) is 26.2 Å². The van der Waals surface area contributed by atoms with E-state index in [2.05, 4.69) is 19.6 Å². The quantitative estimate of drug-likeness (QED) is 0.537. The van der Waals surface area contributed by atoms with E-state index in [1.807, 2.05) is 0 Å². The van der Waals surface area contributed by atoms with Crippen LogP contribution < -0.4 is 5.63 Å². The number of unbranched alkanes of at least 4 members (excludes halogenated alkanes) is 4. The lowest BCUT2D eigenvalue weighted by Gasteiger charge is -2.05. The summed E-state index contributed by atoms with van der Waals surface area (Å²) >= 11 is 4.15. The molecule has 19 heavy (non-hydrogen) atoms. The van der Waals surface area contributed by atoms with Gasteiger partial charge in [0.25, 0.3) is 0 Å². The molecule has 1 N–H and O–H groups in total. The summed E-state index contributed by atoms with van der Waals surface area (Å²) < 4.78 is 5.26. The summed E-state index contributed by atoms with van der Waals surface area (Å²) in [6.45, 7) is 2.13. The molecular formula is C15H24O3S. The number of hydrogen-bond donors (Lipinski definition) is 2. The summed E-state index contributed by atoms with van der Waals surface area (Å²) in [4.78, 5) is 11.8. The average Bonchev–Trinajstić information content (AvgIpc) is 2.37. The fourth-order valence-electron chi connectivity index (χ4n) is 2.05. The number of hydrogen-bond acceptors (Lipinski definition) is 4. The third-order valence-corrected chi connectivity index (χ3v) is 3.50. The molecule has 0 saturated carbocycles. The summed E-state index contributed by atoms with van der Waals surface area (Å²) in [5.41, 5.74) is 0.0378. The summed E-state index contributed by atoms with van der Waals surface area (Å²) in [6.07, 6.45) is 7.45. The second-order valence-electron chi connectivity index (χ2n) is 4.86. The highest BCUT2D eigenvalue weighted by atomic mass is 32.1. The van der Waals surface area contributed by atoms with Crippen molar-refractivity contribution in [2.45, 2.75) is 58.3 Å². The Morgan fingerprint density at radius 3 is 2.53 bits per heavy atom. The topological polar surface area (TPSA) is 50.4 Å². The fraction of sp³-hybridized carbons (Fsp3) is 0.667. The lowest BCUT2D eigenvalue weighted by atomic mass is 10.1. The highest BCUT2D eigenvalue weighted by molar-refractivity contribution is 7.80. The van der Waals surface area contributed by atoms with Gasteiger partial charge in [0.05, 0.1) is 5.56 Å². The Morgan fingerprint density at radius 2 is 1.89 bits per heavy atom. The van der Waals surface area contributed by atoms with Crippen molar-refractivity contribution in [3.8, 4) is 5.75 Å². The lowest BCUT2D eigenvalue weighted by Crippen LogP contribution is -2.09. The van der Waals surface area contributed by atoms with Crippen molar-refractivity contribution in [3.63, 3.8) is 0 Å². The third kappa shape index (κ3) is 5.72. The zero-order valence-corrected chi connectivity index (χ0v) is 12.5. The number of aryl methyl sites for hydroxylation is 1. The Balaban J connectivity index is 2.61. The molecule has 0 unspecified atom stereocenters. The van der Waals surface area contributed by atoms with E-state index >= 15 is 0 Å². The number of aromatic hydroxyl groups is 1. The molecule has 0 fully saturated rings. The van der Waals surface area contributed by atoms with Gasteiger partial charge >= 0.3 is 5.63 Å². The summed E-state index contributed by atoms with van der Waals surface area (Å²) in [5, 5.41) is 9.91. The Labute approximate surface area is 120 Å². The SMILES string of the molecule is CCCCCc1cc(O)c(CCCCCS)c(=O)o1. The van der Waals surface area contributed by atoms with Crippen LogP contribution in [0.2, 0.25) is 0 Å². The van der Waals surface area contributed by atoms with E-state index in [-0.39, 0.29) is 11.4 Å². The first-order valence-corrected chi connectivity index (χ1v) is 7.78. The van der Waals surface area contributed by atoms with Crippen LogP contribution >= 0.6 is 12.6 Å². The van der Waals surface area contributed by atoms with Gasteiger partial charge in [-0.2, -0.15) is 12.6 Å². The minimum absolute atomic E-state index is 0.0913. The molecule has 0 aliphatic carbocycles. The maximum Gasteiger partial charge on any atom is 0.342 e.